The van der Waals surface area contributed by atoms with E-state index in [1.807, 2.05) is 0 Å². The van der Waals surface area contributed by atoms with E-state index in [2.05, 4.69) is 52.3 Å². The normalized spacial score (nSPS) is 20.0. The lowest BCUT2D eigenvalue weighted by Gasteiger charge is -2.31. The van der Waals surface area contributed by atoms with Gasteiger partial charge in [0, 0.05) is 18.1 Å². The topological polar surface area (TPSA) is 91.5 Å². The number of unbranched alkanes of at least 4 members (excludes halogenated alkanes) is 1. The number of methoxy groups -OCH3 is 6. The first-order valence-electron chi connectivity index (χ1n) is 18.9. The number of benzene rings is 3. The molecule has 3 aromatic carbocycles. The van der Waals surface area contributed by atoms with Gasteiger partial charge in [-0.3, -0.25) is 0 Å². The molecule has 9 heteroatoms. The fourth-order valence-corrected chi connectivity index (χ4v) is 8.70. The smallest absolute Gasteiger partial charge is 0.161 e. The molecular formula is C42H59N3O6. The Kier molecular flexibility index (Phi) is 12.9. The van der Waals surface area contributed by atoms with Crippen LogP contribution in [0.15, 0.2) is 36.4 Å². The highest BCUT2D eigenvalue weighted by Crippen LogP contribution is 2.41. The van der Waals surface area contributed by atoms with Crippen molar-refractivity contribution in [1.29, 1.82) is 0 Å². The molecule has 0 aliphatic carbocycles. The molecule has 51 heavy (non-hydrogen) atoms. The van der Waals surface area contributed by atoms with Gasteiger partial charge in [-0.15, -0.1) is 0 Å². The molecule has 3 aliphatic rings. The Hall–Kier alpha value is -3.66. The zero-order valence-electron chi connectivity index (χ0n) is 31.6. The van der Waals surface area contributed by atoms with Gasteiger partial charge in [0.1, 0.15) is 0 Å². The van der Waals surface area contributed by atoms with E-state index in [-0.39, 0.29) is 0 Å². The van der Waals surface area contributed by atoms with E-state index in [0.29, 0.717) is 24.0 Å². The SMILES string of the molecule is COc1cc2c(cc1OC)C(CCCCC(CCC1NCCc3cc(OC)c(OC)cc31)CCC1NCCc3cc(OC)c(OC)cc31)NCC2. The van der Waals surface area contributed by atoms with Crippen LogP contribution < -0.4 is 44.4 Å². The summed E-state index contributed by atoms with van der Waals surface area (Å²) in [4.78, 5) is 0. The van der Waals surface area contributed by atoms with E-state index in [0.717, 1.165) is 92.7 Å². The molecule has 0 aromatic heterocycles. The van der Waals surface area contributed by atoms with Crippen LogP contribution in [0, 0.1) is 5.92 Å². The molecule has 0 fully saturated rings. The van der Waals surface area contributed by atoms with E-state index in [1.165, 1.54) is 65.5 Å². The van der Waals surface area contributed by atoms with Gasteiger partial charge in [-0.2, -0.15) is 0 Å². The fraction of sp³-hybridized carbons (Fsp3) is 0.571. The van der Waals surface area contributed by atoms with Crippen molar-refractivity contribution in [2.75, 3.05) is 62.3 Å². The average molecular weight is 702 g/mol. The maximum Gasteiger partial charge on any atom is 0.161 e. The van der Waals surface area contributed by atoms with E-state index >= 15 is 0 Å². The van der Waals surface area contributed by atoms with Crippen molar-refractivity contribution in [3.8, 4) is 34.5 Å². The Labute approximate surface area is 305 Å². The highest BCUT2D eigenvalue weighted by molar-refractivity contribution is 5.51. The molecule has 3 atom stereocenters. The molecule has 0 amide bonds. The lowest BCUT2D eigenvalue weighted by atomic mass is 9.83. The summed E-state index contributed by atoms with van der Waals surface area (Å²) in [7, 11) is 10.3. The summed E-state index contributed by atoms with van der Waals surface area (Å²) in [5.74, 6) is 5.51. The van der Waals surface area contributed by atoms with E-state index in [9.17, 15) is 0 Å². The summed E-state index contributed by atoms with van der Waals surface area (Å²) in [6, 6.07) is 14.1. The highest BCUT2D eigenvalue weighted by Gasteiger charge is 2.27. The molecule has 3 N–H and O–H groups in total. The Balaban J connectivity index is 1.14. The zero-order chi connectivity index (χ0) is 35.7. The van der Waals surface area contributed by atoms with Crippen LogP contribution in [0.1, 0.15) is 103 Å². The third-order valence-electron chi connectivity index (χ3n) is 11.5. The first kappa shape index (κ1) is 37.1. The summed E-state index contributed by atoms with van der Waals surface area (Å²) in [5, 5.41) is 11.5. The first-order chi connectivity index (χ1) is 25.0. The van der Waals surface area contributed by atoms with Gasteiger partial charge < -0.3 is 44.4 Å². The van der Waals surface area contributed by atoms with Crippen molar-refractivity contribution in [3.05, 3.63) is 69.8 Å². The minimum atomic E-state index is 0.316. The highest BCUT2D eigenvalue weighted by atomic mass is 16.5. The second-order valence-electron chi connectivity index (χ2n) is 14.3. The number of hydrogen-bond acceptors (Lipinski definition) is 9. The number of hydrogen-bond donors (Lipinski definition) is 3. The summed E-state index contributed by atoms with van der Waals surface area (Å²) in [6.07, 6.45) is 12.3. The van der Waals surface area contributed by atoms with Crippen LogP contribution in [0.25, 0.3) is 0 Å². The second-order valence-corrected chi connectivity index (χ2v) is 14.3. The Bertz CT molecular complexity index is 1530. The summed E-state index contributed by atoms with van der Waals surface area (Å²) in [5.41, 5.74) is 8.19. The summed E-state index contributed by atoms with van der Waals surface area (Å²) in [6.45, 7) is 2.96. The van der Waals surface area contributed by atoms with Crippen molar-refractivity contribution in [2.24, 2.45) is 5.92 Å². The minimum absolute atomic E-state index is 0.316. The minimum Gasteiger partial charge on any atom is -0.493 e. The van der Waals surface area contributed by atoms with Crippen LogP contribution >= 0.6 is 0 Å². The maximum atomic E-state index is 5.71. The van der Waals surface area contributed by atoms with Crippen molar-refractivity contribution in [2.45, 2.75) is 88.8 Å². The molecule has 3 heterocycles. The van der Waals surface area contributed by atoms with E-state index < -0.39 is 0 Å². The van der Waals surface area contributed by atoms with Crippen LogP contribution in [0.4, 0.5) is 0 Å². The third kappa shape index (κ3) is 8.53. The molecule has 0 bridgehead atoms. The van der Waals surface area contributed by atoms with Gasteiger partial charge in [0.15, 0.2) is 34.5 Å². The number of ether oxygens (including phenoxy) is 6. The molecule has 0 radical (unpaired) electrons. The largest absolute Gasteiger partial charge is 0.493 e. The number of nitrogens with one attached hydrogen (secondary N) is 3. The average Bonchev–Trinajstić information content (AvgIpc) is 3.18. The standard InChI is InChI=1S/C42H59N3O6/c1-46-37-21-28-15-18-43-34(31(28)24-40(37)49-4)10-8-7-9-27(11-13-35-32-25-41(50-5)38(47-2)22-29(32)16-19-44-35)12-14-36-33-26-42(51-6)39(48-3)23-30(33)17-20-45-36/h21-27,34-36,43-45H,7-20H2,1-6H3. The molecule has 0 spiro atoms. The first-order valence-corrected chi connectivity index (χ1v) is 18.9. The molecule has 3 unspecified atom stereocenters. The Morgan fingerprint density at radius 2 is 0.784 bits per heavy atom. The second kappa shape index (κ2) is 17.7. The van der Waals surface area contributed by atoms with Gasteiger partial charge in [0.2, 0.25) is 0 Å². The molecule has 0 saturated carbocycles. The molecule has 278 valence electrons. The lowest BCUT2D eigenvalue weighted by molar-refractivity contribution is 0.319. The van der Waals surface area contributed by atoms with Crippen LogP contribution in [-0.2, 0) is 19.3 Å². The fourth-order valence-electron chi connectivity index (χ4n) is 8.70. The number of fused-ring (bicyclic) bond motifs is 3. The van der Waals surface area contributed by atoms with Gasteiger partial charge in [-0.05, 0) is 147 Å². The zero-order valence-corrected chi connectivity index (χ0v) is 31.6. The Morgan fingerprint density at radius 3 is 1.14 bits per heavy atom. The van der Waals surface area contributed by atoms with Crippen LogP contribution in [0.2, 0.25) is 0 Å². The van der Waals surface area contributed by atoms with Crippen LogP contribution in [-0.4, -0.2) is 62.3 Å². The van der Waals surface area contributed by atoms with E-state index in [1.54, 1.807) is 42.7 Å². The van der Waals surface area contributed by atoms with Gasteiger partial charge in [-0.1, -0.05) is 19.3 Å². The van der Waals surface area contributed by atoms with Crippen molar-refractivity contribution >= 4 is 0 Å². The van der Waals surface area contributed by atoms with Gasteiger partial charge >= 0.3 is 0 Å². The molecule has 6 rings (SSSR count). The third-order valence-corrected chi connectivity index (χ3v) is 11.5. The predicted octanol–water partition coefficient (Wildman–Crippen LogP) is 7.44. The van der Waals surface area contributed by atoms with E-state index in [4.69, 9.17) is 28.4 Å². The quantitative estimate of drug-likeness (QED) is 0.124. The van der Waals surface area contributed by atoms with Gasteiger partial charge in [0.25, 0.3) is 0 Å². The van der Waals surface area contributed by atoms with Crippen LogP contribution in [0.5, 0.6) is 34.5 Å². The van der Waals surface area contributed by atoms with Gasteiger partial charge in [0.05, 0.1) is 42.7 Å². The molecule has 3 aliphatic heterocycles. The lowest BCUT2D eigenvalue weighted by Crippen LogP contribution is -2.31. The molecule has 0 saturated heterocycles. The molecule has 3 aromatic rings. The van der Waals surface area contributed by atoms with Crippen molar-refractivity contribution < 1.29 is 28.4 Å². The maximum absolute atomic E-state index is 5.71. The van der Waals surface area contributed by atoms with Crippen molar-refractivity contribution in [3.63, 3.8) is 0 Å². The van der Waals surface area contributed by atoms with Gasteiger partial charge in [-0.25, -0.2) is 0 Å². The predicted molar refractivity (Wildman–Crippen MR) is 202 cm³/mol. The Morgan fingerprint density at radius 1 is 0.451 bits per heavy atom. The number of rotatable bonds is 17. The van der Waals surface area contributed by atoms with Crippen molar-refractivity contribution in [1.82, 2.24) is 16.0 Å². The monoisotopic (exact) mass is 701 g/mol. The van der Waals surface area contributed by atoms with Crippen LogP contribution in [0.3, 0.4) is 0 Å². The summed E-state index contributed by atoms with van der Waals surface area (Å²) < 4.78 is 34.0. The summed E-state index contributed by atoms with van der Waals surface area (Å²) >= 11 is 0. The molecular weight excluding hydrogens is 642 g/mol. The molecule has 9 nitrogen and oxygen atoms in total.